The monoisotopic (exact) mass is 302 g/mol. The molecule has 22 heavy (non-hydrogen) atoms. The Labute approximate surface area is 132 Å². The number of anilines is 1. The highest BCUT2D eigenvalue weighted by molar-refractivity contribution is 5.92. The van der Waals surface area contributed by atoms with Gasteiger partial charge in [0.25, 0.3) is 0 Å². The number of carbonyl (C=O) groups is 1. The van der Waals surface area contributed by atoms with Gasteiger partial charge in [0.05, 0.1) is 6.61 Å². The van der Waals surface area contributed by atoms with E-state index in [1.54, 1.807) is 0 Å². The van der Waals surface area contributed by atoms with Crippen molar-refractivity contribution in [2.45, 2.75) is 45.1 Å². The van der Waals surface area contributed by atoms with E-state index in [0.29, 0.717) is 24.5 Å². The van der Waals surface area contributed by atoms with Gasteiger partial charge >= 0.3 is 0 Å². The molecule has 2 saturated carbocycles. The summed E-state index contributed by atoms with van der Waals surface area (Å²) in [5.74, 6) is 2.15. The molecule has 0 aliphatic heterocycles. The Morgan fingerprint density at radius 1 is 1.23 bits per heavy atom. The molecule has 0 spiro atoms. The topological polar surface area (TPSA) is 64.3 Å². The van der Waals surface area contributed by atoms with Crippen LogP contribution in [0.5, 0.6) is 5.75 Å². The van der Waals surface area contributed by atoms with Crippen LogP contribution >= 0.6 is 0 Å². The fourth-order valence-electron chi connectivity index (χ4n) is 4.05. The van der Waals surface area contributed by atoms with Gasteiger partial charge in [-0.25, -0.2) is 0 Å². The average molecular weight is 302 g/mol. The van der Waals surface area contributed by atoms with E-state index in [1.165, 1.54) is 19.3 Å². The van der Waals surface area contributed by atoms with Crippen LogP contribution in [-0.4, -0.2) is 18.6 Å². The molecule has 2 unspecified atom stereocenters. The Morgan fingerprint density at radius 3 is 2.45 bits per heavy atom. The van der Waals surface area contributed by atoms with Crippen LogP contribution in [0.3, 0.4) is 0 Å². The average Bonchev–Trinajstić information content (AvgIpc) is 2.49. The van der Waals surface area contributed by atoms with Gasteiger partial charge in [0.2, 0.25) is 5.91 Å². The maximum absolute atomic E-state index is 12.5. The lowest BCUT2D eigenvalue weighted by Crippen LogP contribution is -2.48. The van der Waals surface area contributed by atoms with E-state index in [2.05, 4.69) is 5.32 Å². The molecular weight excluding hydrogens is 276 g/mol. The minimum atomic E-state index is 0.113. The first-order chi connectivity index (χ1) is 10.7. The van der Waals surface area contributed by atoms with E-state index in [0.717, 1.165) is 24.3 Å². The van der Waals surface area contributed by atoms with Crippen molar-refractivity contribution in [3.63, 3.8) is 0 Å². The number of hydrogen-bond donors (Lipinski definition) is 2. The molecule has 0 aromatic heterocycles. The van der Waals surface area contributed by atoms with Crippen molar-refractivity contribution in [3.05, 3.63) is 24.3 Å². The fraction of sp³-hybridized carbons (Fsp3) is 0.611. The van der Waals surface area contributed by atoms with Gasteiger partial charge in [0.15, 0.2) is 0 Å². The second-order valence-electron chi connectivity index (χ2n) is 6.64. The van der Waals surface area contributed by atoms with E-state index in [9.17, 15) is 4.79 Å². The number of amides is 1. The number of carbonyl (C=O) groups excluding carboxylic acids is 1. The fourth-order valence-corrected chi connectivity index (χ4v) is 4.05. The summed E-state index contributed by atoms with van der Waals surface area (Å²) in [5.41, 5.74) is 7.14. The summed E-state index contributed by atoms with van der Waals surface area (Å²) in [6.45, 7) is 2.61. The van der Waals surface area contributed by atoms with Gasteiger partial charge in [-0.1, -0.05) is 6.42 Å². The molecule has 1 aromatic rings. The van der Waals surface area contributed by atoms with Gasteiger partial charge in [0, 0.05) is 17.6 Å². The number of hydrogen-bond acceptors (Lipinski definition) is 3. The number of benzene rings is 1. The standard InChI is InChI=1S/C18H26N2O2/c1-2-22-16-8-6-15(7-9-16)20-18(21)14-10-12-4-3-5-13(11-14)17(12)19/h6-9,12-14,17H,2-5,10-11,19H2,1H3,(H,20,21). The summed E-state index contributed by atoms with van der Waals surface area (Å²) >= 11 is 0. The van der Waals surface area contributed by atoms with Crippen molar-refractivity contribution in [3.8, 4) is 5.75 Å². The van der Waals surface area contributed by atoms with Crippen LogP contribution < -0.4 is 15.8 Å². The zero-order valence-electron chi connectivity index (χ0n) is 13.3. The Kier molecular flexibility index (Phi) is 4.67. The van der Waals surface area contributed by atoms with E-state index in [-0.39, 0.29) is 11.8 Å². The third-order valence-electron chi connectivity index (χ3n) is 5.22. The summed E-state index contributed by atoms with van der Waals surface area (Å²) in [4.78, 5) is 12.5. The van der Waals surface area contributed by atoms with Crippen LogP contribution in [0.4, 0.5) is 5.69 Å². The minimum absolute atomic E-state index is 0.113. The molecule has 4 nitrogen and oxygen atoms in total. The first-order valence-corrected chi connectivity index (χ1v) is 8.46. The molecule has 2 bridgehead atoms. The quantitative estimate of drug-likeness (QED) is 0.898. The van der Waals surface area contributed by atoms with E-state index in [1.807, 2.05) is 31.2 Å². The Morgan fingerprint density at radius 2 is 1.86 bits per heavy atom. The Balaban J connectivity index is 1.60. The second kappa shape index (κ2) is 6.69. The van der Waals surface area contributed by atoms with Gasteiger partial charge < -0.3 is 15.8 Å². The molecule has 4 heteroatoms. The lowest BCUT2D eigenvalue weighted by molar-refractivity contribution is -0.122. The van der Waals surface area contributed by atoms with Crippen molar-refractivity contribution in [2.75, 3.05) is 11.9 Å². The predicted molar refractivity (Wildman–Crippen MR) is 87.8 cm³/mol. The van der Waals surface area contributed by atoms with Gasteiger partial charge in [-0.2, -0.15) is 0 Å². The molecule has 120 valence electrons. The normalized spacial score (nSPS) is 30.6. The van der Waals surface area contributed by atoms with Crippen molar-refractivity contribution in [2.24, 2.45) is 23.5 Å². The third kappa shape index (κ3) is 3.27. The molecule has 2 atom stereocenters. The van der Waals surface area contributed by atoms with Crippen LogP contribution in [-0.2, 0) is 4.79 Å². The predicted octanol–water partition coefficient (Wildman–Crippen LogP) is 3.18. The molecule has 3 rings (SSSR count). The summed E-state index contributed by atoms with van der Waals surface area (Å²) in [7, 11) is 0. The van der Waals surface area contributed by atoms with Gasteiger partial charge in [-0.05, 0) is 68.7 Å². The first kappa shape index (κ1) is 15.3. The third-order valence-corrected chi connectivity index (χ3v) is 5.22. The molecule has 2 fully saturated rings. The van der Waals surface area contributed by atoms with E-state index in [4.69, 9.17) is 10.5 Å². The number of ether oxygens (including phenoxy) is 1. The molecule has 0 heterocycles. The number of nitrogens with one attached hydrogen (secondary N) is 1. The largest absolute Gasteiger partial charge is 0.494 e. The van der Waals surface area contributed by atoms with Crippen molar-refractivity contribution in [1.82, 2.24) is 0 Å². The SMILES string of the molecule is CCOc1ccc(NC(=O)C2CC3CCCC(C2)C3N)cc1. The molecule has 0 radical (unpaired) electrons. The Bertz CT molecular complexity index is 500. The zero-order valence-corrected chi connectivity index (χ0v) is 13.3. The van der Waals surface area contributed by atoms with Crippen LogP contribution in [0.25, 0.3) is 0 Å². The van der Waals surface area contributed by atoms with E-state index < -0.39 is 0 Å². The lowest BCUT2D eigenvalue weighted by atomic mass is 9.65. The maximum atomic E-state index is 12.5. The molecule has 1 aromatic carbocycles. The highest BCUT2D eigenvalue weighted by Crippen LogP contribution is 2.42. The molecule has 3 N–H and O–H groups in total. The van der Waals surface area contributed by atoms with E-state index >= 15 is 0 Å². The summed E-state index contributed by atoms with van der Waals surface area (Å²) in [6.07, 6.45) is 5.53. The highest BCUT2D eigenvalue weighted by Gasteiger charge is 2.40. The van der Waals surface area contributed by atoms with Crippen LogP contribution in [0.1, 0.15) is 39.0 Å². The molecule has 1 amide bonds. The smallest absolute Gasteiger partial charge is 0.227 e. The lowest BCUT2D eigenvalue weighted by Gasteiger charge is -2.43. The number of fused-ring (bicyclic) bond motifs is 2. The van der Waals surface area contributed by atoms with Crippen molar-refractivity contribution >= 4 is 11.6 Å². The van der Waals surface area contributed by atoms with Crippen LogP contribution in [0.15, 0.2) is 24.3 Å². The second-order valence-corrected chi connectivity index (χ2v) is 6.64. The van der Waals surface area contributed by atoms with Gasteiger partial charge in [0.1, 0.15) is 5.75 Å². The first-order valence-electron chi connectivity index (χ1n) is 8.46. The van der Waals surface area contributed by atoms with Crippen molar-refractivity contribution < 1.29 is 9.53 Å². The summed E-state index contributed by atoms with van der Waals surface area (Å²) < 4.78 is 5.42. The summed E-state index contributed by atoms with van der Waals surface area (Å²) in [5, 5.41) is 3.05. The highest BCUT2D eigenvalue weighted by atomic mass is 16.5. The van der Waals surface area contributed by atoms with Crippen molar-refractivity contribution in [1.29, 1.82) is 0 Å². The Hall–Kier alpha value is -1.55. The summed E-state index contributed by atoms with van der Waals surface area (Å²) in [6, 6.07) is 7.90. The van der Waals surface area contributed by atoms with Gasteiger partial charge in [-0.15, -0.1) is 0 Å². The maximum Gasteiger partial charge on any atom is 0.227 e. The molecular formula is C18H26N2O2. The minimum Gasteiger partial charge on any atom is -0.494 e. The van der Waals surface area contributed by atoms with Gasteiger partial charge in [-0.3, -0.25) is 4.79 Å². The van der Waals surface area contributed by atoms with Crippen LogP contribution in [0.2, 0.25) is 0 Å². The zero-order chi connectivity index (χ0) is 15.5. The molecule has 2 aliphatic rings. The van der Waals surface area contributed by atoms with Crippen LogP contribution in [0, 0.1) is 17.8 Å². The molecule has 0 saturated heterocycles. The number of rotatable bonds is 4. The molecule has 2 aliphatic carbocycles. The number of nitrogens with two attached hydrogens (primary N) is 1.